The average Bonchev–Trinajstić information content (AvgIpc) is 2.66. The summed E-state index contributed by atoms with van der Waals surface area (Å²) in [6.45, 7) is 4.55. The molecule has 2 N–H and O–H groups in total. The highest BCUT2D eigenvalue weighted by atomic mass is 16.2. The fourth-order valence-corrected chi connectivity index (χ4v) is 3.28. The number of carbonyl (C=O) groups is 1. The lowest BCUT2D eigenvalue weighted by atomic mass is 10.00. The van der Waals surface area contributed by atoms with Crippen molar-refractivity contribution >= 4 is 6.03 Å². The first-order valence-electron chi connectivity index (χ1n) is 9.16. The third-order valence-corrected chi connectivity index (χ3v) is 4.69. The standard InChI is InChI=1S/C21H27N3O/c25-21(23-14-11-18-7-2-1-3-8-18)22-13-6-15-24-16-12-19-9-4-5-10-20(19)17-24/h1-5,7-10H,6,11-17H2,(H2,22,23,25). The molecule has 0 atom stereocenters. The quantitative estimate of drug-likeness (QED) is 0.763. The number of benzene rings is 2. The maximum Gasteiger partial charge on any atom is 0.314 e. The molecule has 3 rings (SSSR count). The van der Waals surface area contributed by atoms with E-state index in [0.717, 1.165) is 45.4 Å². The van der Waals surface area contributed by atoms with Gasteiger partial charge in [0.15, 0.2) is 0 Å². The van der Waals surface area contributed by atoms with Gasteiger partial charge in [-0.2, -0.15) is 0 Å². The van der Waals surface area contributed by atoms with Gasteiger partial charge in [0.25, 0.3) is 0 Å². The van der Waals surface area contributed by atoms with Gasteiger partial charge in [-0.3, -0.25) is 4.90 Å². The number of urea groups is 1. The summed E-state index contributed by atoms with van der Waals surface area (Å²) in [7, 11) is 0. The first-order valence-corrected chi connectivity index (χ1v) is 9.16. The normalized spacial score (nSPS) is 13.9. The first-order chi connectivity index (χ1) is 12.3. The van der Waals surface area contributed by atoms with Gasteiger partial charge in [0.2, 0.25) is 0 Å². The van der Waals surface area contributed by atoms with Gasteiger partial charge in [0.1, 0.15) is 0 Å². The summed E-state index contributed by atoms with van der Waals surface area (Å²) in [6.07, 6.45) is 2.97. The van der Waals surface area contributed by atoms with Gasteiger partial charge >= 0.3 is 6.03 Å². The number of fused-ring (bicyclic) bond motifs is 1. The number of hydrogen-bond acceptors (Lipinski definition) is 2. The van der Waals surface area contributed by atoms with Crippen molar-refractivity contribution in [2.45, 2.75) is 25.8 Å². The molecule has 0 aliphatic carbocycles. The molecule has 1 heterocycles. The molecule has 2 amide bonds. The van der Waals surface area contributed by atoms with Crippen LogP contribution in [0.1, 0.15) is 23.1 Å². The molecule has 4 nitrogen and oxygen atoms in total. The van der Waals surface area contributed by atoms with E-state index >= 15 is 0 Å². The Hall–Kier alpha value is -2.33. The molecule has 25 heavy (non-hydrogen) atoms. The van der Waals surface area contributed by atoms with Crippen LogP contribution in [0.25, 0.3) is 0 Å². The van der Waals surface area contributed by atoms with Crippen LogP contribution in [0, 0.1) is 0 Å². The molecule has 0 bridgehead atoms. The zero-order valence-electron chi connectivity index (χ0n) is 14.7. The van der Waals surface area contributed by atoms with Crippen molar-refractivity contribution in [3.8, 4) is 0 Å². The van der Waals surface area contributed by atoms with Gasteiger partial charge in [0.05, 0.1) is 0 Å². The molecule has 0 radical (unpaired) electrons. The molecule has 0 unspecified atom stereocenters. The Bertz CT molecular complexity index is 672. The molecule has 4 heteroatoms. The van der Waals surface area contributed by atoms with Crippen molar-refractivity contribution in [1.82, 2.24) is 15.5 Å². The van der Waals surface area contributed by atoms with Crippen LogP contribution in [0.4, 0.5) is 4.79 Å². The second-order valence-electron chi connectivity index (χ2n) is 6.57. The first kappa shape index (κ1) is 17.5. The summed E-state index contributed by atoms with van der Waals surface area (Å²) < 4.78 is 0. The highest BCUT2D eigenvalue weighted by Gasteiger charge is 2.14. The van der Waals surface area contributed by atoms with Crippen molar-refractivity contribution in [3.63, 3.8) is 0 Å². The Morgan fingerprint density at radius 1 is 0.920 bits per heavy atom. The van der Waals surface area contributed by atoms with Gasteiger partial charge in [-0.1, -0.05) is 54.6 Å². The van der Waals surface area contributed by atoms with Crippen LogP contribution in [0.5, 0.6) is 0 Å². The summed E-state index contributed by atoms with van der Waals surface area (Å²) in [5, 5.41) is 5.87. The molecule has 0 fully saturated rings. The molecule has 2 aromatic rings. The number of nitrogens with one attached hydrogen (secondary N) is 2. The Balaban J connectivity index is 1.27. The lowest BCUT2D eigenvalue weighted by Gasteiger charge is -2.28. The van der Waals surface area contributed by atoms with Gasteiger partial charge in [-0.15, -0.1) is 0 Å². The Kier molecular flexibility index (Phi) is 6.46. The lowest BCUT2D eigenvalue weighted by Crippen LogP contribution is -2.38. The van der Waals surface area contributed by atoms with E-state index in [-0.39, 0.29) is 6.03 Å². The minimum atomic E-state index is -0.0695. The SMILES string of the molecule is O=C(NCCCN1CCc2ccccc2C1)NCCc1ccccc1. The van der Waals surface area contributed by atoms with Crippen molar-refractivity contribution < 1.29 is 4.79 Å². The van der Waals surface area contributed by atoms with Crippen LogP contribution in [-0.4, -0.2) is 37.1 Å². The zero-order chi connectivity index (χ0) is 17.3. The fourth-order valence-electron chi connectivity index (χ4n) is 3.28. The van der Waals surface area contributed by atoms with Crippen molar-refractivity contribution in [3.05, 3.63) is 71.3 Å². The largest absolute Gasteiger partial charge is 0.338 e. The van der Waals surface area contributed by atoms with Crippen LogP contribution in [0.3, 0.4) is 0 Å². The van der Waals surface area contributed by atoms with E-state index in [4.69, 9.17) is 0 Å². The van der Waals surface area contributed by atoms with Gasteiger partial charge in [-0.25, -0.2) is 4.79 Å². The van der Waals surface area contributed by atoms with Gasteiger partial charge in [0, 0.05) is 32.7 Å². The van der Waals surface area contributed by atoms with Gasteiger partial charge < -0.3 is 10.6 Å². The van der Waals surface area contributed by atoms with Crippen molar-refractivity contribution in [2.24, 2.45) is 0 Å². The van der Waals surface area contributed by atoms with Crippen LogP contribution in [-0.2, 0) is 19.4 Å². The number of rotatable bonds is 7. The third-order valence-electron chi connectivity index (χ3n) is 4.69. The van der Waals surface area contributed by atoms with E-state index < -0.39 is 0 Å². The Morgan fingerprint density at radius 3 is 2.48 bits per heavy atom. The Labute approximate surface area is 150 Å². The molecule has 0 aromatic heterocycles. The van der Waals surface area contributed by atoms with Crippen molar-refractivity contribution in [1.29, 1.82) is 0 Å². The second kappa shape index (κ2) is 9.23. The highest BCUT2D eigenvalue weighted by molar-refractivity contribution is 5.73. The lowest BCUT2D eigenvalue weighted by molar-refractivity contribution is 0.235. The van der Waals surface area contributed by atoms with E-state index in [1.54, 1.807) is 0 Å². The summed E-state index contributed by atoms with van der Waals surface area (Å²) >= 11 is 0. The van der Waals surface area contributed by atoms with Crippen LogP contribution in [0.15, 0.2) is 54.6 Å². The smallest absolute Gasteiger partial charge is 0.314 e. The summed E-state index contributed by atoms with van der Waals surface area (Å²) in [6, 6.07) is 18.8. The number of amides is 2. The van der Waals surface area contributed by atoms with E-state index in [2.05, 4.69) is 51.9 Å². The van der Waals surface area contributed by atoms with Gasteiger partial charge in [-0.05, 0) is 36.0 Å². The number of hydrogen-bond donors (Lipinski definition) is 2. The van der Waals surface area contributed by atoms with Crippen LogP contribution >= 0.6 is 0 Å². The fraction of sp³-hybridized carbons (Fsp3) is 0.381. The molecule has 2 aromatic carbocycles. The number of carbonyl (C=O) groups excluding carboxylic acids is 1. The van der Waals surface area contributed by atoms with E-state index in [1.165, 1.54) is 16.7 Å². The molecular weight excluding hydrogens is 310 g/mol. The maximum atomic E-state index is 11.8. The van der Waals surface area contributed by atoms with Crippen LogP contribution in [0.2, 0.25) is 0 Å². The Morgan fingerprint density at radius 2 is 1.64 bits per heavy atom. The molecule has 0 saturated heterocycles. The third kappa shape index (κ3) is 5.61. The van der Waals surface area contributed by atoms with E-state index in [0.29, 0.717) is 6.54 Å². The minimum Gasteiger partial charge on any atom is -0.338 e. The zero-order valence-corrected chi connectivity index (χ0v) is 14.7. The maximum absolute atomic E-state index is 11.8. The predicted molar refractivity (Wildman–Crippen MR) is 102 cm³/mol. The molecule has 1 aliphatic rings. The summed E-state index contributed by atoms with van der Waals surface area (Å²) in [5.74, 6) is 0. The predicted octanol–water partition coefficient (Wildman–Crippen LogP) is 2.98. The molecular formula is C21H27N3O. The minimum absolute atomic E-state index is 0.0695. The molecule has 132 valence electrons. The number of nitrogens with zero attached hydrogens (tertiary/aromatic N) is 1. The van der Waals surface area contributed by atoms with E-state index in [1.807, 2.05) is 18.2 Å². The monoisotopic (exact) mass is 337 g/mol. The molecule has 0 saturated carbocycles. The average molecular weight is 337 g/mol. The highest BCUT2D eigenvalue weighted by Crippen LogP contribution is 2.18. The molecule has 0 spiro atoms. The summed E-state index contributed by atoms with van der Waals surface area (Å²) in [4.78, 5) is 14.3. The van der Waals surface area contributed by atoms with E-state index in [9.17, 15) is 4.79 Å². The van der Waals surface area contributed by atoms with Crippen LogP contribution < -0.4 is 10.6 Å². The van der Waals surface area contributed by atoms with Crippen molar-refractivity contribution in [2.75, 3.05) is 26.2 Å². The summed E-state index contributed by atoms with van der Waals surface area (Å²) in [5.41, 5.74) is 4.17. The topological polar surface area (TPSA) is 44.4 Å². The second-order valence-corrected chi connectivity index (χ2v) is 6.57. The molecule has 1 aliphatic heterocycles.